The predicted molar refractivity (Wildman–Crippen MR) is 132 cm³/mol. The number of rotatable bonds is 9. The van der Waals surface area contributed by atoms with Crippen molar-refractivity contribution < 1.29 is 24.2 Å². The van der Waals surface area contributed by atoms with Gasteiger partial charge in [0.25, 0.3) is 11.7 Å². The molecule has 0 saturated carbocycles. The maximum absolute atomic E-state index is 13.1. The average molecular weight is 485 g/mol. The third kappa shape index (κ3) is 5.51. The summed E-state index contributed by atoms with van der Waals surface area (Å²) in [5.41, 5.74) is 0.638. The van der Waals surface area contributed by atoms with E-state index in [4.69, 9.17) is 9.47 Å². The van der Waals surface area contributed by atoms with Crippen LogP contribution in [-0.4, -0.2) is 72.6 Å². The second-order valence-corrected chi connectivity index (χ2v) is 10.0. The summed E-state index contributed by atoms with van der Waals surface area (Å²) in [5.74, 6) is -0.245. The molecule has 1 aromatic heterocycles. The first-order valence-corrected chi connectivity index (χ1v) is 12.7. The second kappa shape index (κ2) is 11.2. The number of aliphatic hydroxyl groups excluding tert-OH is 1. The highest BCUT2D eigenvalue weighted by molar-refractivity contribution is 7.10. The zero-order valence-corrected chi connectivity index (χ0v) is 20.6. The maximum Gasteiger partial charge on any atom is 0.295 e. The van der Waals surface area contributed by atoms with Gasteiger partial charge < -0.3 is 19.5 Å². The molecule has 2 saturated heterocycles. The van der Waals surface area contributed by atoms with Gasteiger partial charge in [-0.1, -0.05) is 19.9 Å². The van der Waals surface area contributed by atoms with Crippen molar-refractivity contribution in [3.05, 3.63) is 57.8 Å². The number of ketones is 1. The van der Waals surface area contributed by atoms with Gasteiger partial charge in [-0.15, -0.1) is 11.3 Å². The monoisotopic (exact) mass is 484 g/mol. The zero-order chi connectivity index (χ0) is 24.1. The van der Waals surface area contributed by atoms with Crippen LogP contribution in [0, 0.1) is 5.92 Å². The van der Waals surface area contributed by atoms with Crippen LogP contribution in [0.1, 0.15) is 36.8 Å². The average Bonchev–Trinajstić information content (AvgIpc) is 3.46. The van der Waals surface area contributed by atoms with E-state index in [1.807, 2.05) is 17.5 Å². The van der Waals surface area contributed by atoms with E-state index in [9.17, 15) is 14.7 Å². The first-order chi connectivity index (χ1) is 16.5. The molecule has 1 atom stereocenters. The fraction of sp³-hybridized carbons (Fsp3) is 0.462. The number of amides is 1. The van der Waals surface area contributed by atoms with Gasteiger partial charge in [-0.05, 0) is 48.1 Å². The minimum absolute atomic E-state index is 0.148. The van der Waals surface area contributed by atoms with E-state index in [1.54, 1.807) is 29.2 Å². The van der Waals surface area contributed by atoms with Crippen molar-refractivity contribution in [2.24, 2.45) is 5.92 Å². The molecule has 1 aromatic carbocycles. The molecule has 2 aromatic rings. The minimum Gasteiger partial charge on any atom is -0.507 e. The Morgan fingerprint density at radius 2 is 1.88 bits per heavy atom. The van der Waals surface area contributed by atoms with Crippen molar-refractivity contribution in [1.82, 2.24) is 9.80 Å². The Kier molecular flexibility index (Phi) is 8.03. The number of aliphatic hydroxyl groups is 1. The van der Waals surface area contributed by atoms with Gasteiger partial charge in [0.1, 0.15) is 11.5 Å². The fourth-order valence-electron chi connectivity index (χ4n) is 4.27. The SMILES string of the molecule is CC(C)COc1ccc(/C(O)=C2\C(=O)C(=O)N(CCCN3CCOCC3)[C@@H]2c2cccs2)cc1. The van der Waals surface area contributed by atoms with Crippen molar-refractivity contribution in [2.75, 3.05) is 46.0 Å². The van der Waals surface area contributed by atoms with Gasteiger partial charge in [0.05, 0.1) is 31.4 Å². The summed E-state index contributed by atoms with van der Waals surface area (Å²) in [5, 5.41) is 13.1. The number of ether oxygens (including phenoxy) is 2. The first-order valence-electron chi connectivity index (χ1n) is 11.8. The Morgan fingerprint density at radius 1 is 1.15 bits per heavy atom. The van der Waals surface area contributed by atoms with Crippen LogP contribution >= 0.6 is 11.3 Å². The summed E-state index contributed by atoms with van der Waals surface area (Å²) < 4.78 is 11.1. The highest BCUT2D eigenvalue weighted by Crippen LogP contribution is 2.41. The predicted octanol–water partition coefficient (Wildman–Crippen LogP) is 3.93. The van der Waals surface area contributed by atoms with Gasteiger partial charge in [0.15, 0.2) is 0 Å². The van der Waals surface area contributed by atoms with Crippen LogP contribution < -0.4 is 4.74 Å². The fourth-order valence-corrected chi connectivity index (χ4v) is 5.12. The third-order valence-electron chi connectivity index (χ3n) is 6.04. The quantitative estimate of drug-likeness (QED) is 0.330. The number of morpholine rings is 1. The van der Waals surface area contributed by atoms with Gasteiger partial charge in [-0.2, -0.15) is 0 Å². The molecule has 2 aliphatic heterocycles. The first kappa shape index (κ1) is 24.4. The normalized spacial score (nSPS) is 20.9. The minimum atomic E-state index is -0.637. The number of hydrogen-bond donors (Lipinski definition) is 1. The second-order valence-electron chi connectivity index (χ2n) is 9.04. The highest BCUT2D eigenvalue weighted by atomic mass is 32.1. The van der Waals surface area contributed by atoms with Crippen molar-refractivity contribution in [1.29, 1.82) is 0 Å². The molecule has 4 rings (SSSR count). The number of carbonyl (C=O) groups excluding carboxylic acids is 2. The lowest BCUT2D eigenvalue weighted by atomic mass is 10.00. The molecule has 34 heavy (non-hydrogen) atoms. The Bertz CT molecular complexity index is 1010. The molecule has 0 spiro atoms. The standard InChI is InChI=1S/C26H32N2O5S/c1-18(2)17-33-20-8-6-19(7-9-20)24(29)22-23(21-5-3-16-34-21)28(26(31)25(22)30)11-4-10-27-12-14-32-15-13-27/h3,5-9,16,18,23,29H,4,10-15,17H2,1-2H3/b24-22+/t23-/m1/s1. The lowest BCUT2D eigenvalue weighted by molar-refractivity contribution is -0.140. The van der Waals surface area contributed by atoms with Crippen LogP contribution in [0.25, 0.3) is 5.76 Å². The molecule has 2 fully saturated rings. The van der Waals surface area contributed by atoms with Gasteiger partial charge in [0.2, 0.25) is 0 Å². The van der Waals surface area contributed by atoms with E-state index in [0.717, 1.165) is 44.1 Å². The van der Waals surface area contributed by atoms with Crippen LogP contribution in [0.4, 0.5) is 0 Å². The van der Waals surface area contributed by atoms with E-state index < -0.39 is 17.7 Å². The van der Waals surface area contributed by atoms with E-state index in [1.165, 1.54) is 11.3 Å². The summed E-state index contributed by atoms with van der Waals surface area (Å²) >= 11 is 1.48. The molecule has 0 bridgehead atoms. The van der Waals surface area contributed by atoms with Crippen molar-refractivity contribution >= 4 is 28.8 Å². The molecule has 3 heterocycles. The van der Waals surface area contributed by atoms with E-state index in [2.05, 4.69) is 18.7 Å². The summed E-state index contributed by atoms with van der Waals surface area (Å²) in [6.45, 7) is 9.23. The Hall–Kier alpha value is -2.68. The molecule has 1 amide bonds. The van der Waals surface area contributed by atoms with Gasteiger partial charge in [0, 0.05) is 36.6 Å². The molecule has 0 aliphatic carbocycles. The summed E-state index contributed by atoms with van der Waals surface area (Å²) in [6, 6.07) is 10.2. The number of likely N-dealkylation sites (tertiary alicyclic amines) is 1. The molecular formula is C26H32N2O5S. The smallest absolute Gasteiger partial charge is 0.295 e. The molecule has 2 aliphatic rings. The van der Waals surface area contributed by atoms with Gasteiger partial charge in [-0.25, -0.2) is 0 Å². The maximum atomic E-state index is 13.1. The highest BCUT2D eigenvalue weighted by Gasteiger charge is 2.46. The van der Waals surface area contributed by atoms with E-state index in [0.29, 0.717) is 30.4 Å². The number of benzene rings is 1. The third-order valence-corrected chi connectivity index (χ3v) is 6.97. The number of nitrogens with zero attached hydrogens (tertiary/aromatic N) is 2. The molecular weight excluding hydrogens is 452 g/mol. The largest absolute Gasteiger partial charge is 0.507 e. The van der Waals surface area contributed by atoms with Crippen LogP contribution in [-0.2, 0) is 14.3 Å². The van der Waals surface area contributed by atoms with Gasteiger partial charge in [-0.3, -0.25) is 14.5 Å². The molecule has 182 valence electrons. The van der Waals surface area contributed by atoms with Crippen molar-refractivity contribution in [2.45, 2.75) is 26.3 Å². The van der Waals surface area contributed by atoms with E-state index in [-0.39, 0.29) is 11.3 Å². The molecule has 7 nitrogen and oxygen atoms in total. The zero-order valence-electron chi connectivity index (χ0n) is 19.7. The Morgan fingerprint density at radius 3 is 2.53 bits per heavy atom. The molecule has 8 heteroatoms. The van der Waals surface area contributed by atoms with Crippen molar-refractivity contribution in [3.8, 4) is 5.75 Å². The summed E-state index contributed by atoms with van der Waals surface area (Å²) in [4.78, 5) is 30.9. The van der Waals surface area contributed by atoms with Crippen LogP contribution in [0.3, 0.4) is 0 Å². The number of thiophene rings is 1. The lowest BCUT2D eigenvalue weighted by Gasteiger charge is -2.28. The molecule has 0 radical (unpaired) electrons. The number of hydrogen-bond acceptors (Lipinski definition) is 7. The summed E-state index contributed by atoms with van der Waals surface area (Å²) in [6.07, 6.45) is 0.747. The van der Waals surface area contributed by atoms with Gasteiger partial charge >= 0.3 is 0 Å². The van der Waals surface area contributed by atoms with Crippen LogP contribution in [0.15, 0.2) is 47.4 Å². The lowest BCUT2D eigenvalue weighted by Crippen LogP contribution is -2.38. The van der Waals surface area contributed by atoms with Crippen molar-refractivity contribution in [3.63, 3.8) is 0 Å². The van der Waals surface area contributed by atoms with Crippen LogP contribution in [0.5, 0.6) is 5.75 Å². The molecule has 1 N–H and O–H groups in total. The number of Topliss-reactive ketones (excluding diaryl/α,β-unsaturated/α-hetero) is 1. The topological polar surface area (TPSA) is 79.3 Å². The molecule has 0 unspecified atom stereocenters. The Balaban J connectivity index is 1.56. The number of carbonyl (C=O) groups is 2. The van der Waals surface area contributed by atoms with E-state index >= 15 is 0 Å². The van der Waals surface area contributed by atoms with Crippen LogP contribution in [0.2, 0.25) is 0 Å². The summed E-state index contributed by atoms with van der Waals surface area (Å²) in [7, 11) is 0. The Labute approximate surface area is 204 Å².